The topological polar surface area (TPSA) is 53.1 Å². The predicted molar refractivity (Wildman–Crippen MR) is 64.5 cm³/mol. The van der Waals surface area contributed by atoms with Crippen LogP contribution in [0.25, 0.3) is 0 Å². The molecule has 0 aliphatic rings. The number of halogens is 2. The van der Waals surface area contributed by atoms with Crippen molar-refractivity contribution in [1.29, 1.82) is 5.41 Å². The van der Waals surface area contributed by atoms with Gasteiger partial charge in [-0.25, -0.2) is 8.78 Å². The number of amidine groups is 1. The van der Waals surface area contributed by atoms with Gasteiger partial charge in [0, 0.05) is 12.1 Å². The van der Waals surface area contributed by atoms with E-state index in [0.29, 0.717) is 12.1 Å². The van der Waals surface area contributed by atoms with Crippen LogP contribution >= 0.6 is 0 Å². The average molecular weight is 241 g/mol. The molecule has 0 aliphatic carbocycles. The fraction of sp³-hybridized carbons (Fsp3) is 0.417. The van der Waals surface area contributed by atoms with E-state index in [4.69, 9.17) is 11.1 Å². The van der Waals surface area contributed by atoms with Crippen molar-refractivity contribution >= 4 is 5.84 Å². The van der Waals surface area contributed by atoms with Gasteiger partial charge >= 0.3 is 0 Å². The summed E-state index contributed by atoms with van der Waals surface area (Å²) < 4.78 is 24.3. The SMILES string of the molecule is Cc1cc(C(=N)N)ccc1CN(C)CC(F)F. The maximum Gasteiger partial charge on any atom is 0.251 e. The molecule has 0 saturated carbocycles. The second kappa shape index (κ2) is 5.72. The number of aryl methyl sites for hydroxylation is 1. The van der Waals surface area contributed by atoms with Gasteiger partial charge in [0.15, 0.2) is 0 Å². The van der Waals surface area contributed by atoms with E-state index in [-0.39, 0.29) is 12.4 Å². The first-order valence-electron chi connectivity index (χ1n) is 5.30. The molecule has 94 valence electrons. The van der Waals surface area contributed by atoms with Gasteiger partial charge < -0.3 is 5.73 Å². The van der Waals surface area contributed by atoms with Gasteiger partial charge in [0.2, 0.25) is 0 Å². The van der Waals surface area contributed by atoms with Crippen molar-refractivity contribution in [3.63, 3.8) is 0 Å². The van der Waals surface area contributed by atoms with E-state index in [1.807, 2.05) is 13.0 Å². The van der Waals surface area contributed by atoms with Gasteiger partial charge in [0.25, 0.3) is 6.43 Å². The van der Waals surface area contributed by atoms with Crippen LogP contribution in [-0.4, -0.2) is 30.8 Å². The molecule has 0 spiro atoms. The van der Waals surface area contributed by atoms with E-state index in [2.05, 4.69) is 0 Å². The molecule has 0 saturated heterocycles. The molecule has 3 nitrogen and oxygen atoms in total. The standard InChI is InChI=1S/C12H17F2N3/c1-8-5-9(12(15)16)3-4-10(8)6-17(2)7-11(13)14/h3-5,11H,6-7H2,1-2H3,(H3,15,16). The molecule has 0 unspecified atom stereocenters. The van der Waals surface area contributed by atoms with Crippen LogP contribution in [0.15, 0.2) is 18.2 Å². The first-order valence-corrected chi connectivity index (χ1v) is 5.30. The molecule has 17 heavy (non-hydrogen) atoms. The van der Waals surface area contributed by atoms with E-state index in [1.165, 1.54) is 0 Å². The molecule has 0 bridgehead atoms. The number of nitrogens with one attached hydrogen (secondary N) is 1. The highest BCUT2D eigenvalue weighted by atomic mass is 19.3. The van der Waals surface area contributed by atoms with Crippen LogP contribution in [0.3, 0.4) is 0 Å². The Balaban J connectivity index is 2.75. The molecule has 1 aromatic rings. The zero-order valence-electron chi connectivity index (χ0n) is 10.0. The molecule has 1 aromatic carbocycles. The molecule has 0 aliphatic heterocycles. The molecule has 1 rings (SSSR count). The Morgan fingerprint density at radius 3 is 2.59 bits per heavy atom. The van der Waals surface area contributed by atoms with E-state index in [1.54, 1.807) is 24.1 Å². The molecular formula is C12H17F2N3. The summed E-state index contributed by atoms with van der Waals surface area (Å²) in [4.78, 5) is 1.57. The van der Waals surface area contributed by atoms with Crippen molar-refractivity contribution in [2.75, 3.05) is 13.6 Å². The third kappa shape index (κ3) is 4.11. The largest absolute Gasteiger partial charge is 0.384 e. The Morgan fingerprint density at radius 1 is 1.47 bits per heavy atom. The van der Waals surface area contributed by atoms with Gasteiger partial charge in [0.1, 0.15) is 5.84 Å². The third-order valence-corrected chi connectivity index (χ3v) is 2.54. The van der Waals surface area contributed by atoms with Crippen LogP contribution in [0.2, 0.25) is 0 Å². The van der Waals surface area contributed by atoms with Crippen LogP contribution in [0.5, 0.6) is 0 Å². The molecule has 0 heterocycles. The highest BCUT2D eigenvalue weighted by molar-refractivity contribution is 5.95. The van der Waals surface area contributed by atoms with Crippen molar-refractivity contribution in [3.8, 4) is 0 Å². The number of hydrogen-bond acceptors (Lipinski definition) is 2. The molecule has 0 radical (unpaired) electrons. The number of alkyl halides is 2. The fourth-order valence-electron chi connectivity index (χ4n) is 1.63. The molecular weight excluding hydrogens is 224 g/mol. The summed E-state index contributed by atoms with van der Waals surface area (Å²) >= 11 is 0. The Hall–Kier alpha value is -1.49. The number of nitrogens with two attached hydrogens (primary N) is 1. The van der Waals surface area contributed by atoms with Gasteiger partial charge in [-0.15, -0.1) is 0 Å². The molecule has 0 fully saturated rings. The van der Waals surface area contributed by atoms with Crippen molar-refractivity contribution in [2.45, 2.75) is 19.9 Å². The lowest BCUT2D eigenvalue weighted by molar-refractivity contribution is 0.0975. The maximum atomic E-state index is 12.2. The Labute approximate surface area is 99.7 Å². The summed E-state index contributed by atoms with van der Waals surface area (Å²) in [6, 6.07) is 5.36. The second-order valence-electron chi connectivity index (χ2n) is 4.14. The van der Waals surface area contributed by atoms with Crippen LogP contribution in [0.1, 0.15) is 16.7 Å². The monoisotopic (exact) mass is 241 g/mol. The Morgan fingerprint density at radius 2 is 2.12 bits per heavy atom. The first-order chi connectivity index (χ1) is 7.90. The minimum absolute atomic E-state index is 0.0144. The number of hydrogen-bond donors (Lipinski definition) is 2. The molecule has 5 heteroatoms. The zero-order valence-corrected chi connectivity index (χ0v) is 10.0. The maximum absolute atomic E-state index is 12.2. The van der Waals surface area contributed by atoms with Gasteiger partial charge in [-0.1, -0.05) is 12.1 Å². The van der Waals surface area contributed by atoms with E-state index in [9.17, 15) is 8.78 Å². The van der Waals surface area contributed by atoms with Crippen LogP contribution in [-0.2, 0) is 6.54 Å². The number of benzene rings is 1. The minimum atomic E-state index is -2.32. The zero-order chi connectivity index (χ0) is 13.0. The predicted octanol–water partition coefficient (Wildman–Crippen LogP) is 1.98. The summed E-state index contributed by atoms with van der Waals surface area (Å²) in [5, 5.41) is 7.30. The van der Waals surface area contributed by atoms with Crippen LogP contribution < -0.4 is 5.73 Å². The lowest BCUT2D eigenvalue weighted by atomic mass is 10.0. The van der Waals surface area contributed by atoms with E-state index >= 15 is 0 Å². The molecule has 0 aromatic heterocycles. The lowest BCUT2D eigenvalue weighted by Crippen LogP contribution is -2.24. The van der Waals surface area contributed by atoms with Crippen LogP contribution in [0, 0.1) is 12.3 Å². The summed E-state index contributed by atoms with van der Waals surface area (Å²) in [6.45, 7) is 2.11. The quantitative estimate of drug-likeness (QED) is 0.611. The highest BCUT2D eigenvalue weighted by Crippen LogP contribution is 2.13. The van der Waals surface area contributed by atoms with Crippen molar-refractivity contribution in [2.24, 2.45) is 5.73 Å². The van der Waals surface area contributed by atoms with Crippen molar-refractivity contribution in [1.82, 2.24) is 4.90 Å². The van der Waals surface area contributed by atoms with Gasteiger partial charge in [-0.05, 0) is 31.2 Å². The third-order valence-electron chi connectivity index (χ3n) is 2.54. The van der Waals surface area contributed by atoms with Gasteiger partial charge in [-0.3, -0.25) is 10.3 Å². The van der Waals surface area contributed by atoms with Crippen molar-refractivity contribution in [3.05, 3.63) is 34.9 Å². The average Bonchev–Trinajstić information content (AvgIpc) is 2.19. The normalized spacial score (nSPS) is 11.2. The second-order valence-corrected chi connectivity index (χ2v) is 4.14. The fourth-order valence-corrected chi connectivity index (χ4v) is 1.63. The molecule has 0 atom stereocenters. The summed E-state index contributed by atoms with van der Waals surface area (Å²) in [5.74, 6) is 0.0144. The minimum Gasteiger partial charge on any atom is -0.384 e. The number of nitrogens with zero attached hydrogens (tertiary/aromatic N) is 1. The smallest absolute Gasteiger partial charge is 0.251 e. The summed E-state index contributed by atoms with van der Waals surface area (Å²) in [6.07, 6.45) is -2.32. The summed E-state index contributed by atoms with van der Waals surface area (Å²) in [7, 11) is 1.66. The molecule has 0 amide bonds. The van der Waals surface area contributed by atoms with E-state index in [0.717, 1.165) is 11.1 Å². The van der Waals surface area contributed by atoms with Crippen LogP contribution in [0.4, 0.5) is 8.78 Å². The Bertz CT molecular complexity index is 405. The van der Waals surface area contributed by atoms with E-state index < -0.39 is 6.43 Å². The summed E-state index contributed by atoms with van der Waals surface area (Å²) in [5.41, 5.74) is 7.96. The van der Waals surface area contributed by atoms with Gasteiger partial charge in [0.05, 0.1) is 6.54 Å². The van der Waals surface area contributed by atoms with Gasteiger partial charge in [-0.2, -0.15) is 0 Å². The number of rotatable bonds is 5. The highest BCUT2D eigenvalue weighted by Gasteiger charge is 2.09. The van der Waals surface area contributed by atoms with Crippen molar-refractivity contribution < 1.29 is 8.78 Å². The molecule has 3 N–H and O–H groups in total. The Kier molecular flexibility index (Phi) is 4.57. The lowest BCUT2D eigenvalue weighted by Gasteiger charge is -2.17. The number of nitrogen functional groups attached to an aromatic ring is 1. The first kappa shape index (κ1) is 13.6.